The van der Waals surface area contributed by atoms with Gasteiger partial charge >= 0.3 is 17.6 Å². The predicted octanol–water partition coefficient (Wildman–Crippen LogP) is 7.30. The van der Waals surface area contributed by atoms with Crippen LogP contribution in [-0.2, 0) is 26.6 Å². The molecule has 0 amide bonds. The first-order chi connectivity index (χ1) is 16.3. The maximum atomic E-state index is 5.76. The molecule has 11 heteroatoms. The van der Waals surface area contributed by atoms with Crippen LogP contribution in [0.1, 0.15) is 67.2 Å². The molecular formula is C24H56O6S2Si3. The zero-order chi connectivity index (χ0) is 27.2. The first-order valence-corrected chi connectivity index (χ1v) is 22.6. The first kappa shape index (κ1) is 36.1. The highest BCUT2D eigenvalue weighted by Gasteiger charge is 2.47. The summed E-state index contributed by atoms with van der Waals surface area (Å²) in [6.07, 6.45) is 3.44. The van der Waals surface area contributed by atoms with E-state index in [1.807, 2.05) is 0 Å². The SMILES string of the molecule is CCCC[Si](CCCC)(SCC(C)(C)C[Si](OC)(OC)OC)SCC(C)(C)C[Si](OC)(OC)OC. The van der Waals surface area contributed by atoms with Gasteiger partial charge in [0, 0.05) is 54.7 Å². The molecule has 0 heterocycles. The molecule has 0 aromatic carbocycles. The molecule has 0 fully saturated rings. The van der Waals surface area contributed by atoms with Gasteiger partial charge in [-0.2, -0.15) is 22.4 Å². The van der Waals surface area contributed by atoms with Crippen molar-refractivity contribution in [3.63, 3.8) is 0 Å². The van der Waals surface area contributed by atoms with Crippen LogP contribution in [0, 0.1) is 10.8 Å². The first-order valence-electron chi connectivity index (χ1n) is 12.9. The molecule has 0 rings (SSSR count). The van der Waals surface area contributed by atoms with Crippen LogP contribution in [0.4, 0.5) is 0 Å². The Hall–Kier alpha value is 1.11. The molecule has 0 bridgehead atoms. The lowest BCUT2D eigenvalue weighted by atomic mass is 10.00. The van der Waals surface area contributed by atoms with Crippen molar-refractivity contribution in [3.05, 3.63) is 0 Å². The van der Waals surface area contributed by atoms with Crippen LogP contribution in [0.5, 0.6) is 0 Å². The van der Waals surface area contributed by atoms with Crippen molar-refractivity contribution in [2.75, 3.05) is 54.2 Å². The van der Waals surface area contributed by atoms with Crippen molar-refractivity contribution < 1.29 is 26.6 Å². The van der Waals surface area contributed by atoms with Crippen LogP contribution >= 0.6 is 22.4 Å². The molecule has 0 atom stereocenters. The molecule has 0 saturated carbocycles. The van der Waals surface area contributed by atoms with E-state index >= 15 is 0 Å². The second kappa shape index (κ2) is 16.9. The number of unbranched alkanes of at least 4 members (excludes halogenated alkanes) is 2. The van der Waals surface area contributed by atoms with Crippen LogP contribution in [-0.4, -0.2) is 78.1 Å². The number of rotatable bonds is 22. The maximum Gasteiger partial charge on any atom is 0.500 e. The molecule has 0 N–H and O–H groups in total. The minimum Gasteiger partial charge on any atom is -0.377 e. The quantitative estimate of drug-likeness (QED) is 0.122. The van der Waals surface area contributed by atoms with Gasteiger partial charge in [-0.05, 0) is 34.4 Å². The summed E-state index contributed by atoms with van der Waals surface area (Å²) in [5.74, 6) is 2.19. The largest absolute Gasteiger partial charge is 0.500 e. The van der Waals surface area contributed by atoms with E-state index in [9.17, 15) is 0 Å². The van der Waals surface area contributed by atoms with E-state index in [1.54, 1.807) is 42.7 Å². The molecule has 0 saturated heterocycles. The van der Waals surface area contributed by atoms with E-state index in [0.717, 1.165) is 23.6 Å². The van der Waals surface area contributed by atoms with Gasteiger partial charge < -0.3 is 26.6 Å². The van der Waals surface area contributed by atoms with Gasteiger partial charge in [0.1, 0.15) is 0 Å². The Labute approximate surface area is 228 Å². The van der Waals surface area contributed by atoms with E-state index in [0.29, 0.717) is 0 Å². The van der Waals surface area contributed by atoms with Crippen LogP contribution in [0.25, 0.3) is 0 Å². The van der Waals surface area contributed by atoms with Crippen molar-refractivity contribution in [3.8, 4) is 0 Å². The standard InChI is InChI=1S/C24H56O6S2Si3/c1-13-15-17-33(18-16-14-2,31-19-23(3,4)21-34(25-7,26-8)27-9)32-20-24(5,6)22-35(28-10,29-11)30-12/h13-22H2,1-12H3. The third-order valence-corrected chi connectivity index (χ3v) is 26.8. The molecule has 0 spiro atoms. The van der Waals surface area contributed by atoms with Crippen LogP contribution < -0.4 is 0 Å². The summed E-state index contributed by atoms with van der Waals surface area (Å²) < 4.78 is 34.6. The third kappa shape index (κ3) is 12.7. The van der Waals surface area contributed by atoms with E-state index in [4.69, 9.17) is 26.6 Å². The summed E-state index contributed by atoms with van der Waals surface area (Å²) in [4.78, 5) is 0. The normalized spacial score (nSPS) is 14.1. The smallest absolute Gasteiger partial charge is 0.377 e. The second-order valence-electron chi connectivity index (χ2n) is 11.0. The van der Waals surface area contributed by atoms with Gasteiger partial charge in [0.15, 0.2) is 6.37 Å². The highest BCUT2D eigenvalue weighted by molar-refractivity contribution is 8.58. The van der Waals surface area contributed by atoms with E-state index in [2.05, 4.69) is 64.0 Å². The van der Waals surface area contributed by atoms with Crippen LogP contribution in [0.2, 0.25) is 24.2 Å². The predicted molar refractivity (Wildman–Crippen MR) is 161 cm³/mol. The molecule has 6 nitrogen and oxygen atoms in total. The van der Waals surface area contributed by atoms with Crippen molar-refractivity contribution in [2.45, 2.75) is 91.4 Å². The van der Waals surface area contributed by atoms with Gasteiger partial charge in [-0.15, -0.1) is 0 Å². The minimum atomic E-state index is -2.63. The fraction of sp³-hybridized carbons (Fsp3) is 1.00. The second-order valence-corrected chi connectivity index (χ2v) is 28.0. The van der Waals surface area contributed by atoms with Gasteiger partial charge in [-0.1, -0.05) is 67.2 Å². The Balaban J connectivity index is 5.73. The lowest BCUT2D eigenvalue weighted by Gasteiger charge is -2.39. The Bertz CT molecular complexity index is 497. The van der Waals surface area contributed by atoms with Gasteiger partial charge in [0.25, 0.3) is 0 Å². The van der Waals surface area contributed by atoms with E-state index in [-0.39, 0.29) is 10.8 Å². The Morgan fingerprint density at radius 3 is 1.06 bits per heavy atom. The summed E-state index contributed by atoms with van der Waals surface area (Å²) in [6, 6.07) is 4.35. The molecule has 0 unspecified atom stereocenters. The van der Waals surface area contributed by atoms with Gasteiger partial charge in [0.2, 0.25) is 0 Å². The van der Waals surface area contributed by atoms with Crippen LogP contribution in [0.15, 0.2) is 0 Å². The molecule has 0 aliphatic carbocycles. The molecule has 0 aromatic heterocycles. The zero-order valence-electron chi connectivity index (χ0n) is 24.8. The topological polar surface area (TPSA) is 55.4 Å². The average Bonchev–Trinajstić information content (AvgIpc) is 2.85. The Morgan fingerprint density at radius 1 is 0.543 bits per heavy atom. The molecule has 0 aliphatic rings. The fourth-order valence-electron chi connectivity index (χ4n) is 4.21. The lowest BCUT2D eigenvalue weighted by Crippen LogP contribution is -2.47. The zero-order valence-corrected chi connectivity index (χ0v) is 29.5. The van der Waals surface area contributed by atoms with Gasteiger partial charge in [-0.25, -0.2) is 0 Å². The minimum absolute atomic E-state index is 0.0654. The van der Waals surface area contributed by atoms with Crippen LogP contribution in [0.3, 0.4) is 0 Å². The van der Waals surface area contributed by atoms with Crippen molar-refractivity contribution in [1.29, 1.82) is 0 Å². The monoisotopic (exact) mass is 588 g/mol. The molecule has 0 aromatic rings. The maximum absolute atomic E-state index is 5.76. The summed E-state index contributed by atoms with van der Waals surface area (Å²) in [6.45, 7) is 14.0. The average molecular weight is 589 g/mol. The number of hydrogen-bond donors (Lipinski definition) is 0. The summed E-state index contributed by atoms with van der Waals surface area (Å²) in [5, 5.41) is 0. The summed E-state index contributed by atoms with van der Waals surface area (Å²) >= 11 is 4.56. The van der Waals surface area contributed by atoms with Crippen molar-refractivity contribution in [2.24, 2.45) is 10.8 Å². The highest BCUT2D eigenvalue weighted by atomic mass is 32.6. The Morgan fingerprint density at radius 2 is 0.829 bits per heavy atom. The summed E-state index contributed by atoms with van der Waals surface area (Å²) in [7, 11) is 5.02. The van der Waals surface area contributed by atoms with E-state index in [1.165, 1.54) is 37.8 Å². The van der Waals surface area contributed by atoms with Gasteiger partial charge in [0.05, 0.1) is 0 Å². The third-order valence-electron chi connectivity index (χ3n) is 6.53. The van der Waals surface area contributed by atoms with Crippen molar-refractivity contribution in [1.82, 2.24) is 0 Å². The van der Waals surface area contributed by atoms with Gasteiger partial charge in [-0.3, -0.25) is 0 Å². The lowest BCUT2D eigenvalue weighted by molar-refractivity contribution is 0.112. The molecule has 212 valence electrons. The molecule has 35 heavy (non-hydrogen) atoms. The molecule has 0 aliphatic heterocycles. The van der Waals surface area contributed by atoms with Crippen molar-refractivity contribution >= 4 is 46.4 Å². The summed E-state index contributed by atoms with van der Waals surface area (Å²) in [5.41, 5.74) is 0.131. The molecule has 0 radical (unpaired) electrons. The highest BCUT2D eigenvalue weighted by Crippen LogP contribution is 2.48. The van der Waals surface area contributed by atoms with E-state index < -0.39 is 24.0 Å². The fourth-order valence-corrected chi connectivity index (χ4v) is 22.7. The number of hydrogen-bond acceptors (Lipinski definition) is 8. The molecular weight excluding hydrogens is 533 g/mol. The Kier molecular flexibility index (Phi) is 17.5.